The van der Waals surface area contributed by atoms with Crippen molar-refractivity contribution < 1.29 is 19.4 Å². The molecule has 0 aliphatic heterocycles. The summed E-state index contributed by atoms with van der Waals surface area (Å²) in [5.74, 6) is 4.56. The zero-order valence-corrected chi connectivity index (χ0v) is 9.90. The van der Waals surface area contributed by atoms with Gasteiger partial charge in [-0.1, -0.05) is 11.8 Å². The molecule has 3 N–H and O–H groups in total. The molecule has 0 saturated carbocycles. The minimum Gasteiger partial charge on any atom is -0.503 e. The Morgan fingerprint density at radius 3 is 2.83 bits per heavy atom. The van der Waals surface area contributed by atoms with Gasteiger partial charge in [0.2, 0.25) is 5.91 Å². The van der Waals surface area contributed by atoms with Gasteiger partial charge in [-0.25, -0.2) is 0 Å². The van der Waals surface area contributed by atoms with E-state index in [0.717, 1.165) is 0 Å². The maximum absolute atomic E-state index is 10.7. The normalized spacial score (nSPS) is 9.17. The minimum atomic E-state index is -0.557. The van der Waals surface area contributed by atoms with Crippen LogP contribution in [0.2, 0.25) is 0 Å². The molecule has 0 aliphatic rings. The average molecular weight is 247 g/mol. The van der Waals surface area contributed by atoms with Gasteiger partial charge in [0.05, 0.1) is 18.6 Å². The largest absolute Gasteiger partial charge is 0.503 e. The number of benzene rings is 1. The molecular weight excluding hydrogens is 234 g/mol. The van der Waals surface area contributed by atoms with Crippen molar-refractivity contribution in [1.82, 2.24) is 0 Å². The first-order valence-corrected chi connectivity index (χ1v) is 5.30. The van der Waals surface area contributed by atoms with Gasteiger partial charge in [-0.3, -0.25) is 9.59 Å². The van der Waals surface area contributed by atoms with Crippen LogP contribution in [-0.4, -0.2) is 23.9 Å². The molecule has 0 bridgehead atoms. The molecule has 0 saturated heterocycles. The Bertz CT molecular complexity index is 526. The number of phenols is 1. The van der Waals surface area contributed by atoms with E-state index in [-0.39, 0.29) is 23.5 Å². The van der Waals surface area contributed by atoms with E-state index >= 15 is 0 Å². The van der Waals surface area contributed by atoms with E-state index in [4.69, 9.17) is 10.5 Å². The Morgan fingerprint density at radius 2 is 2.28 bits per heavy atom. The second kappa shape index (κ2) is 6.30. The first-order chi connectivity index (χ1) is 8.58. The summed E-state index contributed by atoms with van der Waals surface area (Å²) in [6, 6.07) is 2.84. The van der Waals surface area contributed by atoms with Crippen LogP contribution in [0.25, 0.3) is 0 Å². The summed E-state index contributed by atoms with van der Waals surface area (Å²) in [4.78, 5) is 21.3. The minimum absolute atomic E-state index is 0.116. The van der Waals surface area contributed by atoms with Crippen molar-refractivity contribution in [2.45, 2.75) is 13.3 Å². The molecule has 94 valence electrons. The number of hydrogen-bond acceptors (Lipinski definition) is 4. The van der Waals surface area contributed by atoms with Crippen molar-refractivity contribution in [3.8, 4) is 23.3 Å². The second-order valence-corrected chi connectivity index (χ2v) is 3.41. The molecule has 18 heavy (non-hydrogen) atoms. The molecule has 0 heterocycles. The van der Waals surface area contributed by atoms with E-state index in [1.165, 1.54) is 12.1 Å². The number of aldehydes is 1. The van der Waals surface area contributed by atoms with Crippen molar-refractivity contribution in [1.29, 1.82) is 0 Å². The van der Waals surface area contributed by atoms with Gasteiger partial charge in [0.15, 0.2) is 11.5 Å². The quantitative estimate of drug-likeness (QED) is 0.609. The molecule has 0 radical (unpaired) electrons. The Kier molecular flexibility index (Phi) is 4.76. The van der Waals surface area contributed by atoms with Gasteiger partial charge in [-0.15, -0.1) is 0 Å². The summed E-state index contributed by atoms with van der Waals surface area (Å²) >= 11 is 0. The maximum Gasteiger partial charge on any atom is 0.229 e. The van der Waals surface area contributed by atoms with Crippen molar-refractivity contribution in [2.75, 3.05) is 6.61 Å². The predicted molar refractivity (Wildman–Crippen MR) is 65.4 cm³/mol. The summed E-state index contributed by atoms with van der Waals surface area (Å²) in [6.07, 6.45) is 0.510. The third-order valence-electron chi connectivity index (χ3n) is 2.02. The third-order valence-corrected chi connectivity index (χ3v) is 2.02. The highest BCUT2D eigenvalue weighted by Crippen LogP contribution is 2.30. The van der Waals surface area contributed by atoms with Gasteiger partial charge in [0, 0.05) is 5.56 Å². The van der Waals surface area contributed by atoms with E-state index in [1.807, 2.05) is 0 Å². The van der Waals surface area contributed by atoms with Crippen LogP contribution >= 0.6 is 0 Å². The summed E-state index contributed by atoms with van der Waals surface area (Å²) in [5, 5.41) is 9.85. The average Bonchev–Trinajstić information content (AvgIpc) is 2.33. The third kappa shape index (κ3) is 3.52. The number of nitrogens with two attached hydrogens (primary N) is 1. The number of ether oxygens (including phenoxy) is 1. The number of rotatable bonds is 4. The molecular formula is C13H13NO4. The Labute approximate surface area is 105 Å². The fourth-order valence-corrected chi connectivity index (χ4v) is 1.28. The summed E-state index contributed by atoms with van der Waals surface area (Å²) in [6.45, 7) is 2.11. The molecule has 0 unspecified atom stereocenters. The summed E-state index contributed by atoms with van der Waals surface area (Å²) in [7, 11) is 0. The number of amides is 1. The van der Waals surface area contributed by atoms with Crippen LogP contribution in [0.1, 0.15) is 29.3 Å². The highest BCUT2D eigenvalue weighted by Gasteiger charge is 2.09. The maximum atomic E-state index is 10.7. The van der Waals surface area contributed by atoms with E-state index in [0.29, 0.717) is 18.5 Å². The van der Waals surface area contributed by atoms with Crippen LogP contribution in [0.15, 0.2) is 12.1 Å². The zero-order valence-electron chi connectivity index (χ0n) is 9.90. The van der Waals surface area contributed by atoms with Gasteiger partial charge in [0.1, 0.15) is 6.29 Å². The molecule has 0 atom stereocenters. The number of aromatic hydroxyl groups is 1. The molecule has 0 aromatic heterocycles. The standard InChI is InChI=1S/C13H13NO4/c1-2-18-11-7-9(8-15)6-10(13(11)17)4-3-5-12(14)16/h6-8,17H,2,5H2,1H3,(H2,14,16). The van der Waals surface area contributed by atoms with E-state index in [9.17, 15) is 14.7 Å². The van der Waals surface area contributed by atoms with Crippen molar-refractivity contribution in [2.24, 2.45) is 5.73 Å². The highest BCUT2D eigenvalue weighted by atomic mass is 16.5. The molecule has 1 rings (SSSR count). The van der Waals surface area contributed by atoms with Crippen molar-refractivity contribution in [3.05, 3.63) is 23.3 Å². The molecule has 1 aromatic carbocycles. The SMILES string of the molecule is CCOc1cc(C=O)cc(C#CCC(N)=O)c1O. The lowest BCUT2D eigenvalue weighted by Crippen LogP contribution is -2.08. The highest BCUT2D eigenvalue weighted by molar-refractivity contribution is 5.79. The van der Waals surface area contributed by atoms with Crippen LogP contribution in [-0.2, 0) is 4.79 Å². The topological polar surface area (TPSA) is 89.6 Å². The monoisotopic (exact) mass is 247 g/mol. The predicted octanol–water partition coefficient (Wildman–Crippen LogP) is 0.830. The van der Waals surface area contributed by atoms with E-state index < -0.39 is 5.91 Å². The van der Waals surface area contributed by atoms with Gasteiger partial charge in [-0.2, -0.15) is 0 Å². The Hall–Kier alpha value is -2.48. The van der Waals surface area contributed by atoms with Crippen molar-refractivity contribution in [3.63, 3.8) is 0 Å². The molecule has 0 spiro atoms. The fraction of sp³-hybridized carbons (Fsp3) is 0.231. The first-order valence-electron chi connectivity index (χ1n) is 5.30. The number of carbonyl (C=O) groups is 2. The lowest BCUT2D eigenvalue weighted by molar-refractivity contribution is -0.117. The number of phenolic OH excluding ortho intramolecular Hbond substituents is 1. The van der Waals surface area contributed by atoms with Crippen LogP contribution in [0, 0.1) is 11.8 Å². The number of carbonyl (C=O) groups excluding carboxylic acids is 2. The number of hydrogen-bond donors (Lipinski definition) is 2. The van der Waals surface area contributed by atoms with Crippen LogP contribution in [0.5, 0.6) is 11.5 Å². The smallest absolute Gasteiger partial charge is 0.229 e. The summed E-state index contributed by atoms with van der Waals surface area (Å²) < 4.78 is 5.18. The molecule has 0 fully saturated rings. The van der Waals surface area contributed by atoms with Gasteiger partial charge < -0.3 is 15.6 Å². The van der Waals surface area contributed by atoms with Crippen molar-refractivity contribution >= 4 is 12.2 Å². The number of primary amides is 1. The lowest BCUT2D eigenvalue weighted by atomic mass is 10.1. The second-order valence-electron chi connectivity index (χ2n) is 3.41. The summed E-state index contributed by atoms with van der Waals surface area (Å²) in [5.41, 5.74) is 5.50. The van der Waals surface area contributed by atoms with Crippen LogP contribution in [0.4, 0.5) is 0 Å². The van der Waals surface area contributed by atoms with Gasteiger partial charge >= 0.3 is 0 Å². The zero-order chi connectivity index (χ0) is 13.5. The molecule has 0 aliphatic carbocycles. The fourth-order valence-electron chi connectivity index (χ4n) is 1.28. The van der Waals surface area contributed by atoms with Gasteiger partial charge in [0.25, 0.3) is 0 Å². The lowest BCUT2D eigenvalue weighted by Gasteiger charge is -2.07. The molecule has 1 aromatic rings. The Morgan fingerprint density at radius 1 is 1.56 bits per heavy atom. The van der Waals surface area contributed by atoms with Crippen LogP contribution < -0.4 is 10.5 Å². The Balaban J connectivity index is 3.15. The van der Waals surface area contributed by atoms with Crippen LogP contribution in [0.3, 0.4) is 0 Å². The van der Waals surface area contributed by atoms with Gasteiger partial charge in [-0.05, 0) is 19.1 Å². The molecule has 1 amide bonds. The van der Waals surface area contributed by atoms with E-state index in [1.54, 1.807) is 6.92 Å². The van der Waals surface area contributed by atoms with E-state index in [2.05, 4.69) is 11.8 Å². The molecule has 5 heteroatoms. The first kappa shape index (κ1) is 13.6. The molecule has 5 nitrogen and oxygen atoms in total.